The molecule has 1 aliphatic rings. The van der Waals surface area contributed by atoms with Crippen LogP contribution in [0.25, 0.3) is 0 Å². The van der Waals surface area contributed by atoms with Crippen LogP contribution in [-0.2, 0) is 16.0 Å². The van der Waals surface area contributed by atoms with E-state index >= 15 is 0 Å². The molecular weight excluding hydrogens is 288 g/mol. The van der Waals surface area contributed by atoms with Crippen LogP contribution in [0.3, 0.4) is 0 Å². The van der Waals surface area contributed by atoms with E-state index in [0.717, 1.165) is 12.1 Å². The number of aromatic hydroxyl groups is 2. The third-order valence-electron chi connectivity index (χ3n) is 3.44. The van der Waals surface area contributed by atoms with E-state index in [1.54, 1.807) is 6.92 Å². The number of benzene rings is 1. The van der Waals surface area contributed by atoms with Crippen LogP contribution in [0.15, 0.2) is 24.3 Å². The molecule has 0 aromatic heterocycles. The van der Waals surface area contributed by atoms with Gasteiger partial charge in [-0.25, -0.2) is 0 Å². The normalized spacial score (nSPS) is 23.2. The first kappa shape index (κ1) is 16.0. The van der Waals surface area contributed by atoms with E-state index in [1.165, 1.54) is 12.1 Å². The van der Waals surface area contributed by atoms with Gasteiger partial charge in [0.05, 0.1) is 24.2 Å². The maximum atomic E-state index is 12.2. The lowest BCUT2D eigenvalue weighted by molar-refractivity contribution is -0.147. The number of esters is 1. The minimum atomic E-state index is -0.841. The summed E-state index contributed by atoms with van der Waals surface area (Å²) in [4.78, 5) is 24.1. The van der Waals surface area contributed by atoms with Crippen LogP contribution < -0.4 is 0 Å². The number of cyclic esters (lactones) is 1. The fourth-order valence-electron chi connectivity index (χ4n) is 2.36. The molecule has 118 valence electrons. The minimum absolute atomic E-state index is 0.0774. The van der Waals surface area contributed by atoms with Gasteiger partial charge in [-0.2, -0.15) is 0 Å². The molecule has 6 nitrogen and oxygen atoms in total. The zero-order chi connectivity index (χ0) is 16.3. The van der Waals surface area contributed by atoms with Crippen LogP contribution in [0.4, 0.5) is 0 Å². The molecular formula is C16H18O6. The molecule has 0 spiro atoms. The van der Waals surface area contributed by atoms with Crippen molar-refractivity contribution in [2.24, 2.45) is 0 Å². The predicted octanol–water partition coefficient (Wildman–Crippen LogP) is 1.47. The highest BCUT2D eigenvalue weighted by Gasteiger charge is 2.21. The van der Waals surface area contributed by atoms with Crippen molar-refractivity contribution in [3.8, 4) is 11.5 Å². The van der Waals surface area contributed by atoms with E-state index in [4.69, 9.17) is 4.74 Å². The first-order valence-electron chi connectivity index (χ1n) is 7.01. The number of carbonyl (C=O) groups excluding carboxylic acids is 2. The van der Waals surface area contributed by atoms with E-state index in [0.29, 0.717) is 12.8 Å². The third-order valence-corrected chi connectivity index (χ3v) is 3.44. The number of hydrogen-bond acceptors (Lipinski definition) is 6. The molecule has 6 heteroatoms. The molecule has 3 N–H and O–H groups in total. The molecule has 1 aromatic carbocycles. The van der Waals surface area contributed by atoms with Crippen LogP contribution in [0, 0.1) is 0 Å². The van der Waals surface area contributed by atoms with Gasteiger partial charge in [0.2, 0.25) is 0 Å². The van der Waals surface area contributed by atoms with Gasteiger partial charge in [0.15, 0.2) is 5.78 Å². The first-order chi connectivity index (χ1) is 10.4. The monoisotopic (exact) mass is 306 g/mol. The largest absolute Gasteiger partial charge is 0.508 e. The van der Waals surface area contributed by atoms with Gasteiger partial charge in [-0.1, -0.05) is 6.08 Å². The number of allylic oxidation sites excluding steroid dienone is 1. The van der Waals surface area contributed by atoms with Gasteiger partial charge in [0.1, 0.15) is 11.5 Å². The molecule has 0 aliphatic carbocycles. The van der Waals surface area contributed by atoms with Gasteiger partial charge in [0.25, 0.3) is 0 Å². The summed E-state index contributed by atoms with van der Waals surface area (Å²) in [7, 11) is 0. The summed E-state index contributed by atoms with van der Waals surface area (Å²) in [6, 6.07) is 2.27. The van der Waals surface area contributed by atoms with E-state index in [2.05, 4.69) is 0 Å². The van der Waals surface area contributed by atoms with Crippen LogP contribution in [0.1, 0.15) is 35.7 Å². The number of phenols is 2. The second-order valence-electron chi connectivity index (χ2n) is 5.34. The number of ketones is 1. The van der Waals surface area contributed by atoms with Crippen molar-refractivity contribution >= 4 is 11.8 Å². The van der Waals surface area contributed by atoms with Gasteiger partial charge >= 0.3 is 5.97 Å². The van der Waals surface area contributed by atoms with E-state index < -0.39 is 23.6 Å². The van der Waals surface area contributed by atoms with Crippen molar-refractivity contribution in [1.82, 2.24) is 0 Å². The summed E-state index contributed by atoms with van der Waals surface area (Å²) in [6.07, 6.45) is 1.87. The number of ether oxygens (including phenoxy) is 1. The number of hydrogen-bond donors (Lipinski definition) is 3. The molecule has 0 saturated heterocycles. The van der Waals surface area contributed by atoms with Gasteiger partial charge in [-0.15, -0.1) is 0 Å². The number of rotatable bonds is 0. The minimum Gasteiger partial charge on any atom is -0.508 e. The zero-order valence-corrected chi connectivity index (χ0v) is 12.2. The Bertz CT molecular complexity index is 619. The Morgan fingerprint density at radius 1 is 1.18 bits per heavy atom. The highest BCUT2D eigenvalue weighted by atomic mass is 16.5. The number of aliphatic hydroxyl groups excluding tert-OH is 1. The molecule has 0 bridgehead atoms. The summed E-state index contributed by atoms with van der Waals surface area (Å²) in [5.41, 5.74) is 0.103. The van der Waals surface area contributed by atoms with Crippen molar-refractivity contribution < 1.29 is 29.6 Å². The molecule has 0 radical (unpaired) electrons. The van der Waals surface area contributed by atoms with Gasteiger partial charge in [-0.05, 0) is 37.5 Å². The summed E-state index contributed by atoms with van der Waals surface area (Å²) in [5.74, 6) is -1.78. The fraction of sp³-hybridized carbons (Fsp3) is 0.375. The zero-order valence-electron chi connectivity index (χ0n) is 12.2. The second kappa shape index (κ2) is 6.62. The van der Waals surface area contributed by atoms with Crippen LogP contribution in [0.5, 0.6) is 11.5 Å². The smallest absolute Gasteiger partial charge is 0.310 e. The molecule has 22 heavy (non-hydrogen) atoms. The highest BCUT2D eigenvalue weighted by Crippen LogP contribution is 2.29. The Kier molecular flexibility index (Phi) is 4.82. The molecule has 0 saturated carbocycles. The number of aliphatic hydroxyl groups is 1. The standard InChI is InChI=1S/C16H18O6/c1-9-2-3-11(17)4-5-13(19)16-10(7-15(21)22-9)6-12(18)8-14(16)20/h4-6,8-9,11,17-18,20H,2-3,7H2,1H3/t9-,11-/m1/s1. The lowest BCUT2D eigenvalue weighted by atomic mass is 9.98. The van der Waals surface area contributed by atoms with Crippen molar-refractivity contribution in [2.75, 3.05) is 0 Å². The van der Waals surface area contributed by atoms with E-state index in [-0.39, 0.29) is 29.4 Å². The Balaban J connectivity index is 2.46. The Hall–Kier alpha value is -2.34. The number of fused-ring (bicyclic) bond motifs is 1. The first-order valence-corrected chi connectivity index (χ1v) is 7.01. The Labute approximate surface area is 127 Å². The van der Waals surface area contributed by atoms with Crippen molar-refractivity contribution in [3.63, 3.8) is 0 Å². The van der Waals surface area contributed by atoms with Crippen LogP contribution in [0.2, 0.25) is 0 Å². The summed E-state index contributed by atoms with van der Waals surface area (Å²) >= 11 is 0. The molecule has 1 aliphatic heterocycles. The molecule has 0 unspecified atom stereocenters. The lowest BCUT2D eigenvalue weighted by Gasteiger charge is -2.16. The topological polar surface area (TPSA) is 104 Å². The maximum Gasteiger partial charge on any atom is 0.310 e. The lowest BCUT2D eigenvalue weighted by Crippen LogP contribution is -2.20. The van der Waals surface area contributed by atoms with Gasteiger partial charge in [0, 0.05) is 6.07 Å². The third kappa shape index (κ3) is 3.85. The second-order valence-corrected chi connectivity index (χ2v) is 5.34. The van der Waals surface area contributed by atoms with Crippen LogP contribution >= 0.6 is 0 Å². The molecule has 0 fully saturated rings. The van der Waals surface area contributed by atoms with Gasteiger partial charge < -0.3 is 20.1 Å². The fourth-order valence-corrected chi connectivity index (χ4v) is 2.36. The molecule has 2 rings (SSSR count). The SMILES string of the molecule is C[C@@H]1CC[C@@H](O)C=CC(=O)c2c(O)cc(O)cc2CC(=O)O1. The average Bonchev–Trinajstić information content (AvgIpc) is 2.40. The number of carbonyl (C=O) groups is 2. The predicted molar refractivity (Wildman–Crippen MR) is 77.7 cm³/mol. The van der Waals surface area contributed by atoms with Crippen LogP contribution in [-0.4, -0.2) is 39.3 Å². The Morgan fingerprint density at radius 3 is 2.64 bits per heavy atom. The number of phenolic OH excluding ortho intramolecular Hbond substituents is 2. The van der Waals surface area contributed by atoms with Crippen molar-refractivity contribution in [2.45, 2.75) is 38.4 Å². The average molecular weight is 306 g/mol. The van der Waals surface area contributed by atoms with Crippen molar-refractivity contribution in [3.05, 3.63) is 35.4 Å². The van der Waals surface area contributed by atoms with E-state index in [1.807, 2.05) is 0 Å². The molecule has 1 aromatic rings. The quantitative estimate of drug-likeness (QED) is 0.627. The molecule has 2 atom stereocenters. The van der Waals surface area contributed by atoms with Crippen molar-refractivity contribution in [1.29, 1.82) is 0 Å². The molecule has 1 heterocycles. The summed E-state index contributed by atoms with van der Waals surface area (Å²) in [6.45, 7) is 1.71. The summed E-state index contributed by atoms with van der Waals surface area (Å²) in [5, 5.41) is 29.2. The maximum absolute atomic E-state index is 12.2. The summed E-state index contributed by atoms with van der Waals surface area (Å²) < 4.78 is 5.19. The van der Waals surface area contributed by atoms with E-state index in [9.17, 15) is 24.9 Å². The highest BCUT2D eigenvalue weighted by molar-refractivity contribution is 6.08. The Morgan fingerprint density at radius 2 is 1.91 bits per heavy atom. The molecule has 0 amide bonds. The van der Waals surface area contributed by atoms with Gasteiger partial charge in [-0.3, -0.25) is 9.59 Å².